The zero-order valence-corrected chi connectivity index (χ0v) is 16.7. The Kier molecular flexibility index (Phi) is 6.26. The van der Waals surface area contributed by atoms with Crippen molar-refractivity contribution in [3.05, 3.63) is 86.7 Å². The summed E-state index contributed by atoms with van der Waals surface area (Å²) in [5.41, 5.74) is 4.58. The minimum absolute atomic E-state index is 0.113. The summed E-state index contributed by atoms with van der Waals surface area (Å²) in [7, 11) is 0. The molecule has 6 heteroatoms. The minimum Gasteiger partial charge on any atom is -0.354 e. The molecular weight excluding hydrogens is 374 g/mol. The fraction of sp³-hybridized carbons (Fsp3) is 0.227. The van der Waals surface area contributed by atoms with Crippen molar-refractivity contribution in [1.29, 1.82) is 0 Å². The molecule has 0 unspecified atom stereocenters. The van der Waals surface area contributed by atoms with E-state index in [0.29, 0.717) is 23.7 Å². The lowest BCUT2D eigenvalue weighted by molar-refractivity contribution is -0.121. The van der Waals surface area contributed by atoms with Crippen LogP contribution in [0.2, 0.25) is 5.02 Å². The van der Waals surface area contributed by atoms with Gasteiger partial charge in [0.2, 0.25) is 5.91 Å². The van der Waals surface area contributed by atoms with Gasteiger partial charge in [0.25, 0.3) is 5.56 Å². The summed E-state index contributed by atoms with van der Waals surface area (Å²) < 4.78 is 1.20. The molecule has 0 aliphatic carbocycles. The predicted molar refractivity (Wildman–Crippen MR) is 112 cm³/mol. The Morgan fingerprint density at radius 1 is 1.07 bits per heavy atom. The third-order valence-corrected chi connectivity index (χ3v) is 4.73. The lowest BCUT2D eigenvalue weighted by Crippen LogP contribution is -2.34. The van der Waals surface area contributed by atoms with Gasteiger partial charge in [0.05, 0.1) is 5.69 Å². The van der Waals surface area contributed by atoms with Crippen molar-refractivity contribution in [2.45, 2.75) is 26.8 Å². The molecule has 0 spiro atoms. The topological polar surface area (TPSA) is 64.0 Å². The van der Waals surface area contributed by atoms with E-state index in [-0.39, 0.29) is 18.0 Å². The summed E-state index contributed by atoms with van der Waals surface area (Å²) in [4.78, 5) is 24.4. The van der Waals surface area contributed by atoms with Gasteiger partial charge in [-0.1, -0.05) is 41.4 Å². The van der Waals surface area contributed by atoms with Crippen molar-refractivity contribution >= 4 is 17.5 Å². The molecule has 1 amide bonds. The fourth-order valence-electron chi connectivity index (χ4n) is 2.91. The first-order valence-corrected chi connectivity index (χ1v) is 9.47. The number of amides is 1. The van der Waals surface area contributed by atoms with E-state index in [0.717, 1.165) is 22.3 Å². The monoisotopic (exact) mass is 395 g/mol. The third-order valence-electron chi connectivity index (χ3n) is 4.48. The van der Waals surface area contributed by atoms with Crippen molar-refractivity contribution in [2.75, 3.05) is 6.54 Å². The van der Waals surface area contributed by atoms with E-state index in [1.807, 2.05) is 56.3 Å². The molecule has 0 bridgehead atoms. The summed E-state index contributed by atoms with van der Waals surface area (Å²) in [6.45, 7) is 4.37. The molecule has 0 radical (unpaired) electrons. The van der Waals surface area contributed by atoms with Gasteiger partial charge in [0.1, 0.15) is 6.54 Å². The molecule has 3 aromatic rings. The van der Waals surface area contributed by atoms with Crippen molar-refractivity contribution in [1.82, 2.24) is 15.1 Å². The first-order chi connectivity index (χ1) is 13.4. The molecule has 3 rings (SSSR count). The summed E-state index contributed by atoms with van der Waals surface area (Å²) in [6.07, 6.45) is 0.688. The van der Waals surface area contributed by atoms with E-state index in [1.54, 1.807) is 6.07 Å². The molecule has 144 valence electrons. The van der Waals surface area contributed by atoms with Crippen LogP contribution in [0, 0.1) is 13.8 Å². The number of rotatable bonds is 6. The molecule has 0 aliphatic heterocycles. The number of aryl methyl sites for hydroxylation is 2. The third kappa shape index (κ3) is 5.08. The highest BCUT2D eigenvalue weighted by molar-refractivity contribution is 6.30. The SMILES string of the molecule is Cc1ccc(C)c(-c2ccc(=O)n(CC(=O)NCCc3ccc(Cl)cc3)n2)c1. The number of hydrogen-bond donors (Lipinski definition) is 1. The second kappa shape index (κ2) is 8.85. The summed E-state index contributed by atoms with van der Waals surface area (Å²) in [5, 5.41) is 7.90. The van der Waals surface area contributed by atoms with Crippen molar-refractivity contribution in [3.63, 3.8) is 0 Å². The average Bonchev–Trinajstić information content (AvgIpc) is 2.67. The van der Waals surface area contributed by atoms with Crippen LogP contribution in [0.4, 0.5) is 0 Å². The van der Waals surface area contributed by atoms with Gasteiger partial charge in [-0.05, 0) is 55.7 Å². The highest BCUT2D eigenvalue weighted by atomic mass is 35.5. The molecule has 0 atom stereocenters. The Morgan fingerprint density at radius 2 is 1.82 bits per heavy atom. The van der Waals surface area contributed by atoms with Gasteiger partial charge in [0.15, 0.2) is 0 Å². The maximum atomic E-state index is 12.2. The van der Waals surface area contributed by atoms with E-state index in [4.69, 9.17) is 11.6 Å². The Labute approximate surface area is 169 Å². The summed E-state index contributed by atoms with van der Waals surface area (Å²) in [6, 6.07) is 16.7. The van der Waals surface area contributed by atoms with Gasteiger partial charge in [0, 0.05) is 23.2 Å². The molecule has 0 fully saturated rings. The lowest BCUT2D eigenvalue weighted by atomic mass is 10.0. The van der Waals surface area contributed by atoms with Crippen LogP contribution in [0.1, 0.15) is 16.7 Å². The fourth-order valence-corrected chi connectivity index (χ4v) is 3.03. The van der Waals surface area contributed by atoms with E-state index in [9.17, 15) is 9.59 Å². The molecule has 1 heterocycles. The highest BCUT2D eigenvalue weighted by Crippen LogP contribution is 2.21. The number of benzene rings is 2. The van der Waals surface area contributed by atoms with Gasteiger partial charge < -0.3 is 5.32 Å². The number of nitrogens with zero attached hydrogens (tertiary/aromatic N) is 2. The second-order valence-corrected chi connectivity index (χ2v) is 7.20. The van der Waals surface area contributed by atoms with Gasteiger partial charge in [-0.3, -0.25) is 9.59 Å². The van der Waals surface area contributed by atoms with Crippen LogP contribution in [-0.2, 0) is 17.8 Å². The Balaban J connectivity index is 1.66. The highest BCUT2D eigenvalue weighted by Gasteiger charge is 2.09. The molecule has 5 nitrogen and oxygen atoms in total. The number of nitrogens with one attached hydrogen (secondary N) is 1. The van der Waals surface area contributed by atoms with E-state index >= 15 is 0 Å². The van der Waals surface area contributed by atoms with Crippen LogP contribution < -0.4 is 10.9 Å². The quantitative estimate of drug-likeness (QED) is 0.694. The van der Waals surface area contributed by atoms with E-state index in [2.05, 4.69) is 10.4 Å². The lowest BCUT2D eigenvalue weighted by Gasteiger charge is -2.10. The number of halogens is 1. The van der Waals surface area contributed by atoms with Crippen LogP contribution in [0.5, 0.6) is 0 Å². The largest absolute Gasteiger partial charge is 0.354 e. The molecular formula is C22H22ClN3O2. The number of hydrogen-bond acceptors (Lipinski definition) is 3. The summed E-state index contributed by atoms with van der Waals surface area (Å²) in [5.74, 6) is -0.248. The van der Waals surface area contributed by atoms with Gasteiger partial charge in [-0.15, -0.1) is 0 Å². The molecule has 1 aromatic heterocycles. The molecule has 0 aliphatic rings. The number of aromatic nitrogens is 2. The molecule has 28 heavy (non-hydrogen) atoms. The Morgan fingerprint density at radius 3 is 2.57 bits per heavy atom. The molecule has 0 saturated carbocycles. The van der Waals surface area contributed by atoms with Gasteiger partial charge in [-0.2, -0.15) is 5.10 Å². The standard InChI is InChI=1S/C22H22ClN3O2/c1-15-3-4-16(2)19(13-15)20-9-10-22(28)26(25-20)14-21(27)24-12-11-17-5-7-18(23)8-6-17/h3-10,13H,11-12,14H2,1-2H3,(H,24,27). The van der Waals surface area contributed by atoms with Crippen LogP contribution >= 0.6 is 11.6 Å². The minimum atomic E-state index is -0.304. The van der Waals surface area contributed by atoms with E-state index < -0.39 is 0 Å². The second-order valence-electron chi connectivity index (χ2n) is 6.76. The zero-order valence-electron chi connectivity index (χ0n) is 15.9. The van der Waals surface area contributed by atoms with Gasteiger partial charge >= 0.3 is 0 Å². The van der Waals surface area contributed by atoms with Crippen molar-refractivity contribution < 1.29 is 4.79 Å². The Bertz CT molecular complexity index is 1040. The zero-order chi connectivity index (χ0) is 20.1. The normalized spacial score (nSPS) is 10.7. The maximum Gasteiger partial charge on any atom is 0.267 e. The van der Waals surface area contributed by atoms with Crippen LogP contribution in [0.3, 0.4) is 0 Å². The van der Waals surface area contributed by atoms with E-state index in [1.165, 1.54) is 10.7 Å². The van der Waals surface area contributed by atoms with Crippen molar-refractivity contribution in [3.8, 4) is 11.3 Å². The van der Waals surface area contributed by atoms with Crippen LogP contribution in [0.25, 0.3) is 11.3 Å². The Hall–Kier alpha value is -2.92. The first-order valence-electron chi connectivity index (χ1n) is 9.09. The summed E-state index contributed by atoms with van der Waals surface area (Å²) >= 11 is 5.87. The van der Waals surface area contributed by atoms with Crippen LogP contribution in [0.15, 0.2) is 59.4 Å². The first kappa shape index (κ1) is 19.8. The number of carbonyl (C=O) groups excluding carboxylic acids is 1. The van der Waals surface area contributed by atoms with Crippen molar-refractivity contribution in [2.24, 2.45) is 0 Å². The number of carbonyl (C=O) groups is 1. The van der Waals surface area contributed by atoms with Gasteiger partial charge in [-0.25, -0.2) is 4.68 Å². The maximum absolute atomic E-state index is 12.2. The predicted octanol–water partition coefficient (Wildman–Crippen LogP) is 3.54. The molecule has 1 N–H and O–H groups in total. The smallest absolute Gasteiger partial charge is 0.267 e. The van der Waals surface area contributed by atoms with Crippen LogP contribution in [-0.4, -0.2) is 22.2 Å². The molecule has 2 aromatic carbocycles. The average molecular weight is 396 g/mol. The molecule has 0 saturated heterocycles.